The predicted molar refractivity (Wildman–Crippen MR) is 98.2 cm³/mol. The van der Waals surface area contributed by atoms with Gasteiger partial charge in [-0.2, -0.15) is 0 Å². The number of nitrogens with zero attached hydrogens (tertiary/aromatic N) is 2. The quantitative estimate of drug-likeness (QED) is 0.853. The summed E-state index contributed by atoms with van der Waals surface area (Å²) in [5.74, 6) is -0.0564. The first-order valence-corrected chi connectivity index (χ1v) is 9.24. The molecule has 0 radical (unpaired) electrons. The highest BCUT2D eigenvalue weighted by atomic mass is 16.2. The van der Waals surface area contributed by atoms with E-state index in [4.69, 9.17) is 5.73 Å². The third kappa shape index (κ3) is 4.72. The molecule has 1 saturated carbocycles. The molecule has 2 atom stereocenters. The van der Waals surface area contributed by atoms with Crippen LogP contribution in [0.1, 0.15) is 25.7 Å². The van der Waals surface area contributed by atoms with E-state index in [2.05, 4.69) is 22.3 Å². The summed E-state index contributed by atoms with van der Waals surface area (Å²) in [6.45, 7) is 3.12. The van der Waals surface area contributed by atoms with E-state index in [1.165, 1.54) is 5.69 Å². The smallest absolute Gasteiger partial charge is 0.242 e. The fourth-order valence-corrected chi connectivity index (χ4v) is 3.74. The first-order chi connectivity index (χ1) is 12.1. The zero-order valence-corrected chi connectivity index (χ0v) is 14.7. The van der Waals surface area contributed by atoms with E-state index in [1.807, 2.05) is 23.1 Å². The molecule has 2 amide bonds. The summed E-state index contributed by atoms with van der Waals surface area (Å²) in [6.07, 6.45) is 3.60. The van der Waals surface area contributed by atoms with E-state index in [9.17, 15) is 9.59 Å². The molecule has 6 heteroatoms. The molecule has 6 nitrogen and oxygen atoms in total. The summed E-state index contributed by atoms with van der Waals surface area (Å²) in [6, 6.07) is 10.4. The summed E-state index contributed by atoms with van der Waals surface area (Å²) in [5, 5.41) is 2.81. The number of benzene rings is 1. The number of amides is 2. The third-order valence-corrected chi connectivity index (χ3v) is 5.25. The number of hydrogen-bond acceptors (Lipinski definition) is 4. The number of hydrogen-bond donors (Lipinski definition) is 2. The third-order valence-electron chi connectivity index (χ3n) is 5.25. The minimum Gasteiger partial charge on any atom is -0.368 e. The number of carbonyl (C=O) groups excluding carboxylic acids is 2. The monoisotopic (exact) mass is 344 g/mol. The highest BCUT2D eigenvalue weighted by Gasteiger charge is 2.26. The van der Waals surface area contributed by atoms with Crippen molar-refractivity contribution < 1.29 is 9.59 Å². The average Bonchev–Trinajstić information content (AvgIpc) is 2.66. The topological polar surface area (TPSA) is 78.7 Å². The lowest BCUT2D eigenvalue weighted by Crippen LogP contribution is -2.51. The SMILES string of the molecule is NC1CCCC(C(=O)NCC(=O)N2CCN(c3ccccc3)CC2)C1. The second-order valence-electron chi connectivity index (χ2n) is 7.04. The van der Waals surface area contributed by atoms with Crippen LogP contribution in [-0.4, -0.2) is 55.5 Å². The minimum absolute atomic E-state index is 0.00108. The Morgan fingerprint density at radius 3 is 2.48 bits per heavy atom. The molecule has 1 aliphatic carbocycles. The largest absolute Gasteiger partial charge is 0.368 e. The summed E-state index contributed by atoms with van der Waals surface area (Å²) in [4.78, 5) is 28.7. The van der Waals surface area contributed by atoms with Crippen LogP contribution in [0.4, 0.5) is 5.69 Å². The Hall–Kier alpha value is -2.08. The molecule has 2 aliphatic rings. The summed E-state index contributed by atoms with van der Waals surface area (Å²) < 4.78 is 0. The van der Waals surface area contributed by atoms with Gasteiger partial charge in [-0.25, -0.2) is 0 Å². The van der Waals surface area contributed by atoms with E-state index in [0.717, 1.165) is 38.8 Å². The Morgan fingerprint density at radius 2 is 1.80 bits per heavy atom. The molecule has 1 saturated heterocycles. The molecule has 1 aromatic rings. The molecule has 25 heavy (non-hydrogen) atoms. The standard InChI is InChI=1S/C19H28N4O2/c20-16-6-4-5-15(13-16)19(25)21-14-18(24)23-11-9-22(10-12-23)17-7-2-1-3-8-17/h1-3,7-8,15-16H,4-6,9-14,20H2,(H,21,25). The number of carbonyl (C=O) groups is 2. The minimum atomic E-state index is -0.0357. The van der Waals surface area contributed by atoms with Crippen molar-refractivity contribution in [3.05, 3.63) is 30.3 Å². The van der Waals surface area contributed by atoms with Crippen LogP contribution in [-0.2, 0) is 9.59 Å². The second kappa shape index (κ2) is 8.34. The number of para-hydroxylation sites is 1. The molecule has 0 aromatic heterocycles. The Bertz CT molecular complexity index is 584. The Balaban J connectivity index is 1.41. The van der Waals surface area contributed by atoms with Crippen molar-refractivity contribution in [2.45, 2.75) is 31.7 Å². The van der Waals surface area contributed by atoms with E-state index in [0.29, 0.717) is 13.1 Å². The van der Waals surface area contributed by atoms with Crippen LogP contribution in [0.25, 0.3) is 0 Å². The van der Waals surface area contributed by atoms with Gasteiger partial charge in [-0.1, -0.05) is 24.6 Å². The van der Waals surface area contributed by atoms with Gasteiger partial charge in [0.05, 0.1) is 6.54 Å². The van der Waals surface area contributed by atoms with Gasteiger partial charge in [0, 0.05) is 43.8 Å². The van der Waals surface area contributed by atoms with Gasteiger partial charge in [0.15, 0.2) is 0 Å². The van der Waals surface area contributed by atoms with Crippen molar-refractivity contribution >= 4 is 17.5 Å². The molecule has 2 fully saturated rings. The van der Waals surface area contributed by atoms with Crippen LogP contribution in [0.15, 0.2) is 30.3 Å². The van der Waals surface area contributed by atoms with Crippen LogP contribution >= 0.6 is 0 Å². The Morgan fingerprint density at radius 1 is 1.08 bits per heavy atom. The normalized spacial score (nSPS) is 24.0. The maximum atomic E-state index is 12.4. The number of piperazine rings is 1. The Kier molecular flexibility index (Phi) is 5.91. The molecule has 1 aromatic carbocycles. The van der Waals surface area contributed by atoms with Crippen LogP contribution in [0.2, 0.25) is 0 Å². The number of anilines is 1. The van der Waals surface area contributed by atoms with E-state index in [-0.39, 0.29) is 30.3 Å². The van der Waals surface area contributed by atoms with E-state index < -0.39 is 0 Å². The van der Waals surface area contributed by atoms with Crippen LogP contribution < -0.4 is 16.0 Å². The van der Waals surface area contributed by atoms with Crippen LogP contribution in [0, 0.1) is 5.92 Å². The van der Waals surface area contributed by atoms with Gasteiger partial charge in [0.2, 0.25) is 11.8 Å². The van der Waals surface area contributed by atoms with Gasteiger partial charge in [-0.15, -0.1) is 0 Å². The summed E-state index contributed by atoms with van der Waals surface area (Å²) in [5.41, 5.74) is 7.13. The van der Waals surface area contributed by atoms with Gasteiger partial charge in [-0.3, -0.25) is 9.59 Å². The van der Waals surface area contributed by atoms with Gasteiger partial charge < -0.3 is 20.9 Å². The van der Waals surface area contributed by atoms with Crippen molar-refractivity contribution in [3.8, 4) is 0 Å². The fraction of sp³-hybridized carbons (Fsp3) is 0.579. The first kappa shape index (κ1) is 17.7. The second-order valence-corrected chi connectivity index (χ2v) is 7.04. The highest BCUT2D eigenvalue weighted by molar-refractivity contribution is 5.86. The number of rotatable bonds is 4. The molecule has 1 aliphatic heterocycles. The molecule has 1 heterocycles. The molecule has 2 unspecified atom stereocenters. The average molecular weight is 344 g/mol. The maximum absolute atomic E-state index is 12.4. The summed E-state index contributed by atoms with van der Waals surface area (Å²) >= 11 is 0. The van der Waals surface area contributed by atoms with Gasteiger partial charge in [-0.05, 0) is 31.4 Å². The van der Waals surface area contributed by atoms with Crippen molar-refractivity contribution in [2.24, 2.45) is 11.7 Å². The number of nitrogens with one attached hydrogen (secondary N) is 1. The van der Waals surface area contributed by atoms with Crippen molar-refractivity contribution in [3.63, 3.8) is 0 Å². The lowest BCUT2D eigenvalue weighted by Gasteiger charge is -2.36. The lowest BCUT2D eigenvalue weighted by molar-refractivity contribution is -0.134. The first-order valence-electron chi connectivity index (χ1n) is 9.24. The van der Waals surface area contributed by atoms with Crippen LogP contribution in [0.5, 0.6) is 0 Å². The van der Waals surface area contributed by atoms with E-state index in [1.54, 1.807) is 0 Å². The number of nitrogens with two attached hydrogens (primary N) is 1. The molecule has 0 bridgehead atoms. The Labute approximate surface area is 149 Å². The van der Waals surface area contributed by atoms with Gasteiger partial charge in [0.1, 0.15) is 0 Å². The molecule has 3 rings (SSSR count). The van der Waals surface area contributed by atoms with Crippen molar-refractivity contribution in [1.29, 1.82) is 0 Å². The van der Waals surface area contributed by atoms with Gasteiger partial charge >= 0.3 is 0 Å². The zero-order valence-electron chi connectivity index (χ0n) is 14.7. The highest BCUT2D eigenvalue weighted by Crippen LogP contribution is 2.23. The molecule has 136 valence electrons. The lowest BCUT2D eigenvalue weighted by atomic mass is 9.85. The molecular formula is C19H28N4O2. The van der Waals surface area contributed by atoms with Crippen molar-refractivity contribution in [1.82, 2.24) is 10.2 Å². The fourth-order valence-electron chi connectivity index (χ4n) is 3.74. The molecular weight excluding hydrogens is 316 g/mol. The predicted octanol–water partition coefficient (Wildman–Crippen LogP) is 0.969. The van der Waals surface area contributed by atoms with E-state index >= 15 is 0 Å². The molecule has 3 N–H and O–H groups in total. The molecule has 0 spiro atoms. The zero-order chi connectivity index (χ0) is 17.6. The van der Waals surface area contributed by atoms with Gasteiger partial charge in [0.25, 0.3) is 0 Å². The van der Waals surface area contributed by atoms with Crippen LogP contribution in [0.3, 0.4) is 0 Å². The summed E-state index contributed by atoms with van der Waals surface area (Å²) in [7, 11) is 0. The maximum Gasteiger partial charge on any atom is 0.242 e. The van der Waals surface area contributed by atoms with Crippen molar-refractivity contribution in [2.75, 3.05) is 37.6 Å².